The first-order valence-electron chi connectivity index (χ1n) is 17.6. The largest absolute Gasteiger partial charge is 0.491 e. The number of nitrogens with one attached hydrogen (secondary N) is 2. The molecule has 15 nitrogen and oxygen atoms in total. The first-order chi connectivity index (χ1) is 26.2. The lowest BCUT2D eigenvalue weighted by Crippen LogP contribution is -2.54. The molecule has 0 bridgehead atoms. The Balaban J connectivity index is 0.811. The standard InChI is InChI=1S/C37H39BrN6O9S/c1-42-20-23(18-24(21-42)39-32-31(38)36(49)43-10-17-54-37(43)41-32)22-4-2-5-25(19-22)52-15-13-50-11-12-51-14-16-53-28-7-3-6-26-30(28)35(48)44(34(26)47)27-8-9-29(45)40-33(27)46/h2-7,10,17,19,23-24,27,39H,8-9,11-16,18,20-21H2,1H3,(H,40,45,46)/t23-,24+,27?/m0/s1. The molecular formula is C37H39BrN6O9S. The van der Waals surface area contributed by atoms with Crippen molar-refractivity contribution in [3.8, 4) is 11.5 Å². The van der Waals surface area contributed by atoms with Gasteiger partial charge in [-0.1, -0.05) is 18.2 Å². The number of benzene rings is 2. The molecule has 1 unspecified atom stereocenters. The van der Waals surface area contributed by atoms with Gasteiger partial charge in [0.1, 0.15) is 41.0 Å². The van der Waals surface area contributed by atoms with E-state index in [0.29, 0.717) is 41.7 Å². The van der Waals surface area contributed by atoms with E-state index in [0.717, 1.165) is 30.2 Å². The van der Waals surface area contributed by atoms with Gasteiger partial charge < -0.3 is 29.2 Å². The molecule has 2 aromatic heterocycles. The highest BCUT2D eigenvalue weighted by Crippen LogP contribution is 2.34. The van der Waals surface area contributed by atoms with Crippen LogP contribution in [0.15, 0.2) is 63.3 Å². The highest BCUT2D eigenvalue weighted by molar-refractivity contribution is 9.10. The molecule has 2 N–H and O–H groups in total. The van der Waals surface area contributed by atoms with E-state index in [1.165, 1.54) is 27.4 Å². The Morgan fingerprint density at radius 1 is 0.944 bits per heavy atom. The van der Waals surface area contributed by atoms with Crippen LogP contribution < -0.4 is 25.7 Å². The van der Waals surface area contributed by atoms with E-state index in [9.17, 15) is 24.0 Å². The number of halogens is 1. The van der Waals surface area contributed by atoms with Crippen LogP contribution in [0.2, 0.25) is 0 Å². The van der Waals surface area contributed by atoms with Crippen molar-refractivity contribution in [2.75, 3.05) is 65.1 Å². The van der Waals surface area contributed by atoms with E-state index >= 15 is 0 Å². The average molecular weight is 824 g/mol. The van der Waals surface area contributed by atoms with Crippen LogP contribution in [0.1, 0.15) is 51.5 Å². The van der Waals surface area contributed by atoms with Gasteiger partial charge in [0.15, 0.2) is 4.96 Å². The van der Waals surface area contributed by atoms with Gasteiger partial charge in [-0.25, -0.2) is 4.98 Å². The molecule has 2 fully saturated rings. The summed E-state index contributed by atoms with van der Waals surface area (Å²) in [6.07, 6.45) is 2.72. The predicted molar refractivity (Wildman–Crippen MR) is 201 cm³/mol. The van der Waals surface area contributed by atoms with Crippen LogP contribution in [0.5, 0.6) is 11.5 Å². The van der Waals surface area contributed by atoms with Crippen LogP contribution in [0.3, 0.4) is 0 Å². The first-order valence-corrected chi connectivity index (χ1v) is 19.3. The van der Waals surface area contributed by atoms with Crippen LogP contribution in [-0.4, -0.2) is 115 Å². The zero-order valence-electron chi connectivity index (χ0n) is 29.5. The molecule has 5 heterocycles. The number of ether oxygens (including phenoxy) is 4. The molecule has 0 spiro atoms. The molecule has 17 heteroatoms. The number of carbonyl (C=O) groups excluding carboxylic acids is 4. The number of likely N-dealkylation sites (N-methyl/N-ethyl adjacent to an activating group) is 1. The Bertz CT molecular complexity index is 2120. The summed E-state index contributed by atoms with van der Waals surface area (Å²) in [6, 6.07) is 11.9. The summed E-state index contributed by atoms with van der Waals surface area (Å²) in [7, 11) is 2.09. The average Bonchev–Trinajstić information content (AvgIpc) is 3.73. The third kappa shape index (κ3) is 8.19. The smallest absolute Gasteiger partial charge is 0.275 e. The van der Waals surface area contributed by atoms with Crippen molar-refractivity contribution in [2.24, 2.45) is 0 Å². The van der Waals surface area contributed by atoms with Gasteiger partial charge >= 0.3 is 0 Å². The van der Waals surface area contributed by atoms with E-state index in [1.807, 2.05) is 17.5 Å². The minimum absolute atomic E-state index is 0.0476. The lowest BCUT2D eigenvalue weighted by molar-refractivity contribution is -0.136. The van der Waals surface area contributed by atoms with Gasteiger partial charge in [0.25, 0.3) is 17.4 Å². The minimum Gasteiger partial charge on any atom is -0.491 e. The number of thiazole rings is 1. The Morgan fingerprint density at radius 2 is 1.70 bits per heavy atom. The number of rotatable bonds is 15. The second-order valence-corrected chi connectivity index (χ2v) is 14.9. The van der Waals surface area contributed by atoms with Crippen molar-refractivity contribution in [3.63, 3.8) is 0 Å². The molecule has 2 aromatic carbocycles. The van der Waals surface area contributed by atoms with Crippen molar-refractivity contribution >= 4 is 61.7 Å². The molecule has 4 amide bonds. The SMILES string of the molecule is CN1C[C@H](Nc2nc3sccn3c(=O)c2Br)C[C@H](c2cccc(OCCOCCOCCOc3cccc4c3C(=O)N(C3CCC(=O)NC3=O)C4=O)c2)C1. The highest BCUT2D eigenvalue weighted by Gasteiger charge is 2.46. The predicted octanol–water partition coefficient (Wildman–Crippen LogP) is 3.31. The van der Waals surface area contributed by atoms with Gasteiger partial charge in [0, 0.05) is 37.1 Å². The number of nitrogens with zero attached hydrogens (tertiary/aromatic N) is 4. The Kier molecular flexibility index (Phi) is 11.7. The molecule has 284 valence electrons. The topological polar surface area (TPSA) is 170 Å². The fourth-order valence-electron chi connectivity index (χ4n) is 7.03. The van der Waals surface area contributed by atoms with E-state index in [-0.39, 0.29) is 60.5 Å². The van der Waals surface area contributed by atoms with Crippen LogP contribution in [0.4, 0.5) is 5.82 Å². The van der Waals surface area contributed by atoms with Gasteiger partial charge in [-0.3, -0.25) is 38.6 Å². The quantitative estimate of drug-likeness (QED) is 0.133. The van der Waals surface area contributed by atoms with Crippen LogP contribution in [0.25, 0.3) is 4.96 Å². The maximum Gasteiger partial charge on any atom is 0.275 e. The molecule has 0 aliphatic carbocycles. The fraction of sp³-hybridized carbons (Fsp3) is 0.405. The van der Waals surface area contributed by atoms with Gasteiger partial charge in [-0.15, -0.1) is 11.3 Å². The number of likely N-dealkylation sites (tertiary alicyclic amines) is 1. The van der Waals surface area contributed by atoms with Gasteiger partial charge in [0.05, 0.1) is 37.6 Å². The number of anilines is 1. The number of hydrogen-bond donors (Lipinski definition) is 2. The van der Waals surface area contributed by atoms with E-state index < -0.39 is 29.7 Å². The number of carbonyl (C=O) groups is 4. The summed E-state index contributed by atoms with van der Waals surface area (Å²) in [4.78, 5) is 71.4. The Hall–Kier alpha value is -4.68. The van der Waals surface area contributed by atoms with Crippen LogP contribution in [0, 0.1) is 0 Å². The molecular weight excluding hydrogens is 784 g/mol. The molecule has 0 radical (unpaired) electrons. The normalized spacial score (nSPS) is 20.3. The van der Waals surface area contributed by atoms with Gasteiger partial charge in [-0.2, -0.15) is 0 Å². The number of imide groups is 2. The fourth-order valence-corrected chi connectivity index (χ4v) is 8.13. The molecule has 0 saturated carbocycles. The lowest BCUT2D eigenvalue weighted by atomic mass is 9.88. The zero-order valence-corrected chi connectivity index (χ0v) is 31.9. The highest BCUT2D eigenvalue weighted by atomic mass is 79.9. The molecule has 54 heavy (non-hydrogen) atoms. The maximum absolute atomic E-state index is 13.2. The lowest BCUT2D eigenvalue weighted by Gasteiger charge is -2.36. The summed E-state index contributed by atoms with van der Waals surface area (Å²) in [5.74, 6) is -0.504. The third-order valence-electron chi connectivity index (χ3n) is 9.50. The monoisotopic (exact) mass is 822 g/mol. The number of fused-ring (bicyclic) bond motifs is 2. The molecule has 3 aliphatic rings. The van der Waals surface area contributed by atoms with Gasteiger partial charge in [-0.05, 0) is 71.6 Å². The van der Waals surface area contributed by atoms with Crippen molar-refractivity contribution in [1.82, 2.24) is 24.5 Å². The second kappa shape index (κ2) is 16.8. The number of hydrogen-bond acceptors (Lipinski definition) is 13. The molecule has 4 aromatic rings. The molecule has 7 rings (SSSR count). The number of amides is 4. The third-order valence-corrected chi connectivity index (χ3v) is 11.0. The van der Waals surface area contributed by atoms with E-state index in [4.69, 9.17) is 18.9 Å². The summed E-state index contributed by atoms with van der Waals surface area (Å²) in [5, 5.41) is 7.54. The number of piperidine rings is 2. The number of aromatic nitrogens is 2. The van der Waals surface area contributed by atoms with Crippen molar-refractivity contribution in [1.29, 1.82) is 0 Å². The summed E-state index contributed by atoms with van der Waals surface area (Å²) in [6.45, 7) is 3.46. The zero-order chi connectivity index (χ0) is 37.8. The van der Waals surface area contributed by atoms with Crippen LogP contribution >= 0.6 is 27.3 Å². The summed E-state index contributed by atoms with van der Waals surface area (Å²) < 4.78 is 25.1. The first kappa shape index (κ1) is 37.6. The van der Waals surface area contributed by atoms with Crippen molar-refractivity contribution < 1.29 is 38.1 Å². The van der Waals surface area contributed by atoms with Gasteiger partial charge in [0.2, 0.25) is 11.8 Å². The molecule has 2 saturated heterocycles. The van der Waals surface area contributed by atoms with E-state index in [2.05, 4.69) is 55.6 Å². The van der Waals surface area contributed by atoms with Crippen LogP contribution in [-0.2, 0) is 19.1 Å². The molecule has 3 aliphatic heterocycles. The Labute approximate surface area is 322 Å². The Morgan fingerprint density at radius 3 is 2.50 bits per heavy atom. The second-order valence-electron chi connectivity index (χ2n) is 13.3. The molecule has 3 atom stereocenters. The summed E-state index contributed by atoms with van der Waals surface area (Å²) in [5.41, 5.74) is 1.29. The summed E-state index contributed by atoms with van der Waals surface area (Å²) >= 11 is 4.86. The minimum atomic E-state index is -1.04. The van der Waals surface area contributed by atoms with Crippen molar-refractivity contribution in [2.45, 2.75) is 37.3 Å². The van der Waals surface area contributed by atoms with E-state index in [1.54, 1.807) is 18.3 Å². The van der Waals surface area contributed by atoms with Crippen molar-refractivity contribution in [3.05, 3.63) is 85.6 Å². The maximum atomic E-state index is 13.2.